The van der Waals surface area contributed by atoms with Crippen molar-refractivity contribution in [2.24, 2.45) is 4.99 Å². The summed E-state index contributed by atoms with van der Waals surface area (Å²) < 4.78 is 15.1. The molecule has 18 heavy (non-hydrogen) atoms. The molecule has 0 bridgehead atoms. The maximum atomic E-state index is 13.9. The van der Waals surface area contributed by atoms with Gasteiger partial charge in [-0.1, -0.05) is 31.9 Å². The van der Waals surface area contributed by atoms with E-state index in [1.807, 2.05) is 6.07 Å². The summed E-state index contributed by atoms with van der Waals surface area (Å²) in [5, 5.41) is 0.701. The van der Waals surface area contributed by atoms with Gasteiger partial charge in [-0.2, -0.15) is 0 Å². The molecule has 1 heterocycles. The molecule has 2 atom stereocenters. The normalized spacial score (nSPS) is 20.8. The molecule has 0 saturated heterocycles. The smallest absolute Gasteiger partial charge is 0.148 e. The van der Waals surface area contributed by atoms with Crippen molar-refractivity contribution in [1.82, 2.24) is 0 Å². The van der Waals surface area contributed by atoms with E-state index in [9.17, 15) is 4.39 Å². The van der Waals surface area contributed by atoms with E-state index in [0.29, 0.717) is 11.5 Å². The predicted molar refractivity (Wildman–Crippen MR) is 86.2 cm³/mol. The molecule has 98 valence electrons. The monoisotopic (exact) mass is 377 g/mol. The first-order chi connectivity index (χ1) is 8.70. The molecule has 1 nitrogen and oxygen atoms in total. The third kappa shape index (κ3) is 3.70. The molecule has 0 radical (unpaired) electrons. The third-order valence-corrected chi connectivity index (χ3v) is 4.80. The standard InChI is InChI=1S/C14H17FINS/c1-2-3-7-12(15)14-17-13(9-18-14)10-5-4-6-11(16)8-10/h4-6,8,12-13H,2-3,7,9H2,1H3. The number of alkyl halides is 1. The van der Waals surface area contributed by atoms with E-state index in [2.05, 4.69) is 52.7 Å². The summed E-state index contributed by atoms with van der Waals surface area (Å²) in [5.74, 6) is 0.877. The van der Waals surface area contributed by atoms with Crippen LogP contribution in [0.1, 0.15) is 37.8 Å². The van der Waals surface area contributed by atoms with Gasteiger partial charge in [-0.3, -0.25) is 4.99 Å². The van der Waals surface area contributed by atoms with Crippen LogP contribution in [0, 0.1) is 3.57 Å². The van der Waals surface area contributed by atoms with Gasteiger partial charge in [0.15, 0.2) is 0 Å². The van der Waals surface area contributed by atoms with Crippen molar-refractivity contribution >= 4 is 39.4 Å². The van der Waals surface area contributed by atoms with Crippen LogP contribution in [0.25, 0.3) is 0 Å². The SMILES string of the molecule is CCCCC(F)C1=NC(c2cccc(I)c2)CS1. The Labute approximate surface area is 126 Å². The van der Waals surface area contributed by atoms with Crippen LogP contribution in [0.3, 0.4) is 0 Å². The van der Waals surface area contributed by atoms with Crippen LogP contribution in [-0.4, -0.2) is 17.0 Å². The predicted octanol–water partition coefficient (Wildman–Crippen LogP) is 5.01. The van der Waals surface area contributed by atoms with Gasteiger partial charge >= 0.3 is 0 Å². The quantitative estimate of drug-likeness (QED) is 0.658. The maximum absolute atomic E-state index is 13.9. The van der Waals surface area contributed by atoms with Crippen molar-refractivity contribution in [2.75, 3.05) is 5.75 Å². The first-order valence-corrected chi connectivity index (χ1v) is 8.37. The van der Waals surface area contributed by atoms with Gasteiger partial charge in [-0.05, 0) is 46.7 Å². The number of hydrogen-bond acceptors (Lipinski definition) is 2. The number of halogens is 2. The highest BCUT2D eigenvalue weighted by molar-refractivity contribution is 14.1. The number of nitrogens with zero attached hydrogens (tertiary/aromatic N) is 1. The zero-order valence-electron chi connectivity index (χ0n) is 10.4. The van der Waals surface area contributed by atoms with Crippen molar-refractivity contribution < 1.29 is 4.39 Å². The molecule has 0 aliphatic carbocycles. The topological polar surface area (TPSA) is 12.4 Å². The van der Waals surface area contributed by atoms with Crippen LogP contribution in [0.5, 0.6) is 0 Å². The lowest BCUT2D eigenvalue weighted by Gasteiger charge is -2.06. The second-order valence-corrected chi connectivity index (χ2v) is 6.74. The minimum absolute atomic E-state index is 0.139. The van der Waals surface area contributed by atoms with Crippen molar-refractivity contribution in [3.05, 3.63) is 33.4 Å². The molecule has 0 N–H and O–H groups in total. The summed E-state index contributed by atoms with van der Waals surface area (Å²) >= 11 is 3.88. The molecule has 1 aromatic carbocycles. The van der Waals surface area contributed by atoms with Gasteiger partial charge < -0.3 is 0 Å². The van der Waals surface area contributed by atoms with Crippen LogP contribution >= 0.6 is 34.4 Å². The second-order valence-electron chi connectivity index (χ2n) is 4.46. The Balaban J connectivity index is 2.03. The molecule has 0 saturated carbocycles. The van der Waals surface area contributed by atoms with Crippen LogP contribution in [0.15, 0.2) is 29.3 Å². The van der Waals surface area contributed by atoms with E-state index in [-0.39, 0.29) is 6.04 Å². The number of benzene rings is 1. The lowest BCUT2D eigenvalue weighted by Crippen LogP contribution is -2.09. The highest BCUT2D eigenvalue weighted by atomic mass is 127. The first-order valence-electron chi connectivity index (χ1n) is 6.30. The van der Waals surface area contributed by atoms with Crippen LogP contribution in [0.2, 0.25) is 0 Å². The summed E-state index contributed by atoms with van der Waals surface area (Å²) in [7, 11) is 0. The summed E-state index contributed by atoms with van der Waals surface area (Å²) in [5.41, 5.74) is 1.20. The Morgan fingerprint density at radius 1 is 1.56 bits per heavy atom. The van der Waals surface area contributed by atoms with Crippen molar-refractivity contribution in [3.63, 3.8) is 0 Å². The van der Waals surface area contributed by atoms with E-state index >= 15 is 0 Å². The number of aliphatic imine (C=N–C) groups is 1. The zero-order chi connectivity index (χ0) is 13.0. The average molecular weight is 377 g/mol. The highest BCUT2D eigenvalue weighted by Gasteiger charge is 2.25. The molecule has 1 aromatic rings. The minimum Gasteiger partial charge on any atom is -0.271 e. The summed E-state index contributed by atoms with van der Waals surface area (Å²) in [6.07, 6.45) is 1.73. The van der Waals surface area contributed by atoms with Gasteiger partial charge in [-0.15, -0.1) is 11.8 Å². The number of rotatable bonds is 5. The molecule has 2 unspecified atom stereocenters. The molecule has 0 fully saturated rings. The Morgan fingerprint density at radius 3 is 3.11 bits per heavy atom. The fraction of sp³-hybridized carbons (Fsp3) is 0.500. The third-order valence-electron chi connectivity index (χ3n) is 2.98. The molecule has 1 aliphatic rings. The van der Waals surface area contributed by atoms with Crippen LogP contribution in [0.4, 0.5) is 4.39 Å². The minimum atomic E-state index is -0.859. The molecular weight excluding hydrogens is 360 g/mol. The Bertz CT molecular complexity index is 436. The molecule has 2 rings (SSSR count). The summed E-state index contributed by atoms with van der Waals surface area (Å²) in [6, 6.07) is 8.46. The average Bonchev–Trinajstić information content (AvgIpc) is 2.85. The Kier molecular flexibility index (Phi) is 5.48. The lowest BCUT2D eigenvalue weighted by molar-refractivity contribution is 0.395. The number of hydrogen-bond donors (Lipinski definition) is 0. The molecule has 0 aromatic heterocycles. The maximum Gasteiger partial charge on any atom is 0.148 e. The number of unbranched alkanes of at least 4 members (excludes halogenated alkanes) is 1. The molecule has 1 aliphatic heterocycles. The highest BCUT2D eigenvalue weighted by Crippen LogP contribution is 2.33. The van der Waals surface area contributed by atoms with Crippen molar-refractivity contribution in [1.29, 1.82) is 0 Å². The first kappa shape index (κ1) is 14.3. The largest absolute Gasteiger partial charge is 0.271 e. The summed E-state index contributed by atoms with van der Waals surface area (Å²) in [6.45, 7) is 2.09. The Morgan fingerprint density at radius 2 is 2.39 bits per heavy atom. The fourth-order valence-corrected chi connectivity index (χ4v) is 3.62. The van der Waals surface area contributed by atoms with Crippen molar-refractivity contribution in [2.45, 2.75) is 38.4 Å². The molecule has 4 heteroatoms. The van der Waals surface area contributed by atoms with Crippen LogP contribution < -0.4 is 0 Å². The molecular formula is C14H17FINS. The number of thioether (sulfide) groups is 1. The molecule has 0 amide bonds. The van der Waals surface area contributed by atoms with Crippen molar-refractivity contribution in [3.8, 4) is 0 Å². The van der Waals surface area contributed by atoms with Gasteiger partial charge in [0.2, 0.25) is 0 Å². The lowest BCUT2D eigenvalue weighted by atomic mass is 10.1. The van der Waals surface area contributed by atoms with Gasteiger partial charge in [0, 0.05) is 9.32 Å². The van der Waals surface area contributed by atoms with E-state index in [1.165, 1.54) is 9.13 Å². The van der Waals surface area contributed by atoms with Gasteiger partial charge in [0.1, 0.15) is 11.2 Å². The van der Waals surface area contributed by atoms with Gasteiger partial charge in [0.25, 0.3) is 0 Å². The van der Waals surface area contributed by atoms with E-state index in [1.54, 1.807) is 11.8 Å². The Hall–Kier alpha value is -0.100. The fourth-order valence-electron chi connectivity index (χ4n) is 1.96. The second kappa shape index (κ2) is 6.89. The van der Waals surface area contributed by atoms with Gasteiger partial charge in [0.05, 0.1) is 6.04 Å². The molecule has 0 spiro atoms. The van der Waals surface area contributed by atoms with E-state index in [4.69, 9.17) is 0 Å². The zero-order valence-corrected chi connectivity index (χ0v) is 13.4. The van der Waals surface area contributed by atoms with Crippen LogP contribution in [-0.2, 0) is 0 Å². The van der Waals surface area contributed by atoms with Gasteiger partial charge in [-0.25, -0.2) is 4.39 Å². The summed E-state index contributed by atoms with van der Waals surface area (Å²) in [4.78, 5) is 4.55. The van der Waals surface area contributed by atoms with E-state index < -0.39 is 6.17 Å². The van der Waals surface area contributed by atoms with E-state index in [0.717, 1.165) is 18.6 Å².